The number of pyridine rings is 1. The fourth-order valence-corrected chi connectivity index (χ4v) is 7.86. The second-order valence-electron chi connectivity index (χ2n) is 14.2. The molecule has 8 rings (SSSR count). The zero-order valence-electron chi connectivity index (χ0n) is 30.0. The Bertz CT molecular complexity index is 2230. The number of amides is 2. The number of carbonyl (C=O) groups is 2. The number of phenolic OH excluding ortho intramolecular Hbond substituents is 1. The highest BCUT2D eigenvalue weighted by molar-refractivity contribution is 5.99. The van der Waals surface area contributed by atoms with Crippen LogP contribution in [0, 0.1) is 5.82 Å². The molecule has 5 aromatic rings. The molecule has 0 bridgehead atoms. The smallest absolute Gasteiger partial charge is 0.271 e. The molecule has 58 heavy (non-hydrogen) atoms. The topological polar surface area (TPSA) is 145 Å². The first-order valence-corrected chi connectivity index (χ1v) is 18.5. The van der Waals surface area contributed by atoms with Crippen molar-refractivity contribution in [2.75, 3.05) is 26.2 Å². The van der Waals surface area contributed by atoms with Gasteiger partial charge in [0.15, 0.2) is 5.75 Å². The zero-order chi connectivity index (χ0) is 37.9. The summed E-state index contributed by atoms with van der Waals surface area (Å²) < 4.78 is 32.9. The number of imide groups is 1. The molecule has 2 aliphatic heterocycles. The van der Waals surface area contributed by atoms with Crippen LogP contribution in [0.25, 0.3) is 0 Å². The standard InChI is InChI=1S/C42H40FN5O7.3CH4/c43-29-6-1-26(2-7-29)35-12-5-28-21-30(49)8-13-36(28)41(35)27-3-9-31(10-4-27)53-20-19-47-18-17-33(25-47)55-39-16-11-32(23-44-39)54-34-22-40(51)48(45-24-34)37-14-15-38(50)46-42(37)52;;;/h1-4,6-11,13,16,21-24,33,35,37,41,49H,5,12,14-15,17-20,25H2,(H,46,50,52);3*1H4/t33-,35-,37?,41+;;;/m0.../s1. The van der Waals surface area contributed by atoms with Gasteiger partial charge >= 0.3 is 0 Å². The maximum atomic E-state index is 13.8. The fourth-order valence-electron chi connectivity index (χ4n) is 7.86. The van der Waals surface area contributed by atoms with Gasteiger partial charge in [0.1, 0.15) is 41.8 Å². The molecule has 0 spiro atoms. The molecule has 0 saturated carbocycles. The van der Waals surface area contributed by atoms with Gasteiger partial charge in [0.25, 0.3) is 11.5 Å². The van der Waals surface area contributed by atoms with E-state index in [1.807, 2.05) is 36.4 Å². The minimum Gasteiger partial charge on any atom is -0.508 e. The predicted octanol–water partition coefficient (Wildman–Crippen LogP) is 7.56. The Balaban J connectivity index is 0.00000214. The van der Waals surface area contributed by atoms with Crippen molar-refractivity contribution in [2.45, 2.75) is 78.4 Å². The number of benzene rings is 3. The number of hydrogen-bond donors (Lipinski definition) is 2. The number of fused-ring (bicyclic) bond motifs is 1. The highest BCUT2D eigenvalue weighted by Gasteiger charge is 2.33. The number of nitrogens with one attached hydrogen (secondary N) is 1. The lowest BCUT2D eigenvalue weighted by atomic mass is 9.69. The van der Waals surface area contributed by atoms with Crippen LogP contribution in [0.15, 0.2) is 102 Å². The SMILES string of the molecule is C.C.C.O=C1CCC(n2ncc(Oc3ccc(O[C@H]4CCN(CCOc5ccc([C@H]6c7ccc(O)cc7CC[C@H]6c6ccc(F)cc6)cc5)C4)nc3)cc2=O)C(=O)N1. The summed E-state index contributed by atoms with van der Waals surface area (Å²) in [6, 6.07) is 24.5. The van der Waals surface area contributed by atoms with Gasteiger partial charge in [-0.3, -0.25) is 24.6 Å². The van der Waals surface area contributed by atoms with Gasteiger partial charge in [-0.1, -0.05) is 52.6 Å². The van der Waals surface area contributed by atoms with Crippen LogP contribution in [0.4, 0.5) is 4.39 Å². The number of aromatic nitrogens is 3. The summed E-state index contributed by atoms with van der Waals surface area (Å²) in [5.41, 5.74) is 4.06. The number of hydrogen-bond acceptors (Lipinski definition) is 10. The minimum atomic E-state index is -0.844. The van der Waals surface area contributed by atoms with Crippen molar-refractivity contribution in [3.8, 4) is 28.9 Å². The van der Waals surface area contributed by atoms with Crippen molar-refractivity contribution in [2.24, 2.45) is 0 Å². The Hall–Kier alpha value is -6.08. The van der Waals surface area contributed by atoms with E-state index in [9.17, 15) is 23.9 Å². The number of phenols is 1. The van der Waals surface area contributed by atoms with Crippen LogP contribution in [0.2, 0.25) is 0 Å². The second-order valence-corrected chi connectivity index (χ2v) is 14.2. The second kappa shape index (κ2) is 18.9. The summed E-state index contributed by atoms with van der Waals surface area (Å²) in [5.74, 6) is 1.18. The molecule has 0 radical (unpaired) electrons. The van der Waals surface area contributed by atoms with E-state index in [0.717, 1.165) is 66.0 Å². The van der Waals surface area contributed by atoms with Gasteiger partial charge in [-0.15, -0.1) is 0 Å². The van der Waals surface area contributed by atoms with Gasteiger partial charge in [-0.25, -0.2) is 14.1 Å². The summed E-state index contributed by atoms with van der Waals surface area (Å²) in [7, 11) is 0. The van der Waals surface area contributed by atoms with E-state index >= 15 is 0 Å². The lowest BCUT2D eigenvalue weighted by molar-refractivity contribution is -0.136. The average molecular weight is 794 g/mol. The molecule has 4 heterocycles. The molecule has 3 aromatic carbocycles. The third-order valence-electron chi connectivity index (χ3n) is 10.6. The third kappa shape index (κ3) is 9.71. The Labute approximate surface area is 338 Å². The summed E-state index contributed by atoms with van der Waals surface area (Å²) >= 11 is 0. The number of rotatable bonds is 11. The molecule has 306 valence electrons. The maximum Gasteiger partial charge on any atom is 0.271 e. The Morgan fingerprint density at radius 3 is 2.29 bits per heavy atom. The van der Waals surface area contributed by atoms with Crippen LogP contribution < -0.4 is 25.1 Å². The van der Waals surface area contributed by atoms with Gasteiger partial charge in [-0.2, -0.15) is 5.10 Å². The summed E-state index contributed by atoms with van der Waals surface area (Å²) in [6.07, 6.45) is 5.76. The number of halogens is 1. The van der Waals surface area contributed by atoms with Crippen molar-refractivity contribution in [3.63, 3.8) is 0 Å². The molecular weight excluding hydrogens is 742 g/mol. The quantitative estimate of drug-likeness (QED) is 0.129. The van der Waals surface area contributed by atoms with Crippen LogP contribution in [0.1, 0.15) is 88.1 Å². The van der Waals surface area contributed by atoms with Crippen LogP contribution in [0.3, 0.4) is 0 Å². The van der Waals surface area contributed by atoms with Gasteiger partial charge in [-0.05, 0) is 96.3 Å². The molecular formula is C45H52FN5O7. The van der Waals surface area contributed by atoms with Crippen LogP contribution in [-0.2, 0) is 16.0 Å². The minimum absolute atomic E-state index is 0. The summed E-state index contributed by atoms with van der Waals surface area (Å²) in [4.78, 5) is 42.9. The molecule has 12 nitrogen and oxygen atoms in total. The van der Waals surface area contributed by atoms with Gasteiger partial charge in [0.05, 0.1) is 12.4 Å². The van der Waals surface area contributed by atoms with E-state index in [0.29, 0.717) is 18.2 Å². The molecule has 13 heteroatoms. The van der Waals surface area contributed by atoms with Gasteiger partial charge < -0.3 is 19.3 Å². The molecule has 1 unspecified atom stereocenters. The summed E-state index contributed by atoms with van der Waals surface area (Å²) in [6.45, 7) is 2.86. The average Bonchev–Trinajstić information content (AvgIpc) is 3.63. The van der Waals surface area contributed by atoms with Crippen LogP contribution in [0.5, 0.6) is 28.9 Å². The number of nitrogens with zero attached hydrogens (tertiary/aromatic N) is 4. The number of ether oxygens (including phenoxy) is 3. The highest BCUT2D eigenvalue weighted by atomic mass is 19.1. The molecule has 3 aliphatic rings. The van der Waals surface area contributed by atoms with E-state index in [1.165, 1.54) is 36.2 Å². The number of carbonyl (C=O) groups excluding carboxylic acids is 2. The predicted molar refractivity (Wildman–Crippen MR) is 219 cm³/mol. The van der Waals surface area contributed by atoms with Gasteiger partial charge in [0.2, 0.25) is 11.8 Å². The van der Waals surface area contributed by atoms with Crippen molar-refractivity contribution < 1.29 is 33.3 Å². The monoisotopic (exact) mass is 793 g/mol. The number of aryl methyl sites for hydroxylation is 1. The lowest BCUT2D eigenvalue weighted by Crippen LogP contribution is -2.45. The van der Waals surface area contributed by atoms with E-state index in [1.54, 1.807) is 18.2 Å². The number of piperidine rings is 1. The molecule has 2 N–H and O–H groups in total. The molecule has 2 amide bonds. The summed E-state index contributed by atoms with van der Waals surface area (Å²) in [5, 5.41) is 16.4. The largest absolute Gasteiger partial charge is 0.508 e. The number of likely N-dealkylation sites (tertiary alicyclic amines) is 1. The first-order valence-electron chi connectivity index (χ1n) is 18.5. The molecule has 4 atom stereocenters. The number of aromatic hydroxyl groups is 1. The van der Waals surface area contributed by atoms with E-state index in [2.05, 4.69) is 32.4 Å². The Kier molecular flexibility index (Phi) is 14.0. The zero-order valence-corrected chi connectivity index (χ0v) is 30.0. The fraction of sp³-hybridized carbons (Fsp3) is 0.356. The normalized spacial score (nSPS) is 20.0. The molecule has 2 saturated heterocycles. The lowest BCUT2D eigenvalue weighted by Gasteiger charge is -2.35. The molecule has 2 fully saturated rings. The Morgan fingerprint density at radius 1 is 0.810 bits per heavy atom. The first-order chi connectivity index (χ1) is 26.8. The van der Waals surface area contributed by atoms with Crippen molar-refractivity contribution in [3.05, 3.63) is 136 Å². The van der Waals surface area contributed by atoms with Crippen LogP contribution >= 0.6 is 0 Å². The maximum absolute atomic E-state index is 13.8. The Morgan fingerprint density at radius 2 is 1.57 bits per heavy atom. The van der Waals surface area contributed by atoms with E-state index in [-0.39, 0.29) is 76.3 Å². The molecule has 1 aliphatic carbocycles. The molecule has 2 aromatic heterocycles. The first kappa shape index (κ1) is 43.1. The van der Waals surface area contributed by atoms with Crippen molar-refractivity contribution >= 4 is 11.8 Å². The van der Waals surface area contributed by atoms with Gasteiger partial charge in [0, 0.05) is 44.1 Å². The third-order valence-corrected chi connectivity index (χ3v) is 10.6. The highest BCUT2D eigenvalue weighted by Crippen LogP contribution is 2.47. The van der Waals surface area contributed by atoms with Crippen molar-refractivity contribution in [1.82, 2.24) is 25.0 Å². The van der Waals surface area contributed by atoms with E-state index < -0.39 is 17.5 Å². The van der Waals surface area contributed by atoms with Crippen LogP contribution in [-0.4, -0.2) is 68.9 Å². The van der Waals surface area contributed by atoms with Crippen molar-refractivity contribution in [1.29, 1.82) is 0 Å². The van der Waals surface area contributed by atoms with E-state index in [4.69, 9.17) is 14.2 Å².